The predicted octanol–water partition coefficient (Wildman–Crippen LogP) is 3.51. The lowest BCUT2D eigenvalue weighted by Crippen LogP contribution is -2.50. The Morgan fingerprint density at radius 1 is 1.17 bits per heavy atom. The third-order valence-corrected chi connectivity index (χ3v) is 6.73. The molecule has 2 aliphatic rings. The Hall–Kier alpha value is -2.63. The van der Waals surface area contributed by atoms with Gasteiger partial charge in [-0.3, -0.25) is 14.7 Å². The zero-order valence-corrected chi connectivity index (χ0v) is 18.1. The van der Waals surface area contributed by atoms with Crippen LogP contribution < -0.4 is 0 Å². The lowest BCUT2D eigenvalue weighted by atomic mass is 9.78. The number of likely N-dealkylation sites (tertiary alicyclic amines) is 2. The number of benzene rings is 1. The van der Waals surface area contributed by atoms with E-state index in [9.17, 15) is 9.59 Å². The first-order valence-electron chi connectivity index (χ1n) is 11.1. The number of piperidine rings is 1. The highest BCUT2D eigenvalue weighted by Gasteiger charge is 2.49. The van der Waals surface area contributed by atoms with Crippen LogP contribution in [0.4, 0.5) is 0 Å². The van der Waals surface area contributed by atoms with Gasteiger partial charge in [-0.1, -0.05) is 38.1 Å². The van der Waals surface area contributed by atoms with Crippen LogP contribution in [0.2, 0.25) is 0 Å². The second kappa shape index (κ2) is 8.62. The van der Waals surface area contributed by atoms with Crippen molar-refractivity contribution >= 4 is 11.8 Å². The number of nitrogens with one attached hydrogen (secondary N) is 1. The summed E-state index contributed by atoms with van der Waals surface area (Å²) in [6.45, 7) is 7.10. The summed E-state index contributed by atoms with van der Waals surface area (Å²) in [5.74, 6) is 0.878. The van der Waals surface area contributed by atoms with Crippen molar-refractivity contribution in [2.75, 3.05) is 19.6 Å². The number of nitrogens with zero attached hydrogens (tertiary/aromatic N) is 3. The lowest BCUT2D eigenvalue weighted by Gasteiger charge is -2.39. The maximum absolute atomic E-state index is 13.4. The summed E-state index contributed by atoms with van der Waals surface area (Å²) in [7, 11) is 0. The normalized spacial score (nSPS) is 21.8. The lowest BCUT2D eigenvalue weighted by molar-refractivity contribution is -0.146. The minimum Gasteiger partial charge on any atom is -0.342 e. The molecular formula is C24H32N4O2. The summed E-state index contributed by atoms with van der Waals surface area (Å²) < 4.78 is 0. The highest BCUT2D eigenvalue weighted by Crippen LogP contribution is 2.40. The monoisotopic (exact) mass is 408 g/mol. The molecule has 2 saturated heterocycles. The number of aromatic nitrogens is 2. The predicted molar refractivity (Wildman–Crippen MR) is 116 cm³/mol. The van der Waals surface area contributed by atoms with Crippen LogP contribution >= 0.6 is 0 Å². The van der Waals surface area contributed by atoms with E-state index in [1.54, 1.807) is 6.20 Å². The molecule has 2 amide bonds. The molecule has 0 radical (unpaired) electrons. The summed E-state index contributed by atoms with van der Waals surface area (Å²) in [5, 5.41) is 6.72. The Labute approximate surface area is 178 Å². The molecule has 3 heterocycles. The number of rotatable bonds is 6. The van der Waals surface area contributed by atoms with Crippen LogP contribution in [0.3, 0.4) is 0 Å². The number of carbonyl (C=O) groups is 2. The zero-order chi connectivity index (χ0) is 21.1. The summed E-state index contributed by atoms with van der Waals surface area (Å²) >= 11 is 0. The molecule has 2 fully saturated rings. The van der Waals surface area contributed by atoms with Gasteiger partial charge in [-0.05, 0) is 48.3 Å². The van der Waals surface area contributed by atoms with E-state index in [1.165, 1.54) is 11.1 Å². The SMILES string of the molecule is CC(C)c1ccc(CN2CCCC3(CCN(C(=O)CCc4cn[nH]c4)C3)C2=O)cc1. The molecule has 1 N–H and O–H groups in total. The van der Waals surface area contributed by atoms with Crippen molar-refractivity contribution in [3.8, 4) is 0 Å². The van der Waals surface area contributed by atoms with E-state index < -0.39 is 0 Å². The molecule has 2 aliphatic heterocycles. The number of aryl methyl sites for hydroxylation is 1. The molecule has 2 aromatic rings. The molecule has 0 aliphatic carbocycles. The largest absolute Gasteiger partial charge is 0.342 e. The van der Waals surface area contributed by atoms with Gasteiger partial charge in [-0.25, -0.2) is 0 Å². The van der Waals surface area contributed by atoms with Crippen LogP contribution in [0.5, 0.6) is 0 Å². The van der Waals surface area contributed by atoms with Gasteiger partial charge in [-0.2, -0.15) is 5.10 Å². The molecule has 1 aromatic heterocycles. The Balaban J connectivity index is 1.37. The van der Waals surface area contributed by atoms with Crippen LogP contribution in [0, 0.1) is 5.41 Å². The number of hydrogen-bond acceptors (Lipinski definition) is 3. The van der Waals surface area contributed by atoms with E-state index in [4.69, 9.17) is 0 Å². The van der Waals surface area contributed by atoms with E-state index in [2.05, 4.69) is 48.3 Å². The standard InChI is InChI=1S/C24H32N4O2/c1-18(2)21-7-4-19(5-8-21)16-27-12-3-10-24(23(27)30)11-13-28(17-24)22(29)9-6-20-14-25-26-15-20/h4-5,7-8,14-15,18H,3,6,9-13,16-17H2,1-2H3,(H,25,26). The smallest absolute Gasteiger partial charge is 0.230 e. The molecule has 6 heteroatoms. The Morgan fingerprint density at radius 2 is 1.97 bits per heavy atom. The van der Waals surface area contributed by atoms with Gasteiger partial charge in [0.25, 0.3) is 0 Å². The van der Waals surface area contributed by atoms with Crippen molar-refractivity contribution in [2.24, 2.45) is 5.41 Å². The Morgan fingerprint density at radius 3 is 2.67 bits per heavy atom. The average Bonchev–Trinajstić information content (AvgIpc) is 3.41. The molecule has 1 aromatic carbocycles. The molecule has 0 saturated carbocycles. The Bertz CT molecular complexity index is 875. The molecule has 6 nitrogen and oxygen atoms in total. The maximum Gasteiger partial charge on any atom is 0.230 e. The molecule has 0 bridgehead atoms. The number of aromatic amines is 1. The van der Waals surface area contributed by atoms with Crippen LogP contribution in [0.25, 0.3) is 0 Å². The molecule has 1 spiro atoms. The van der Waals surface area contributed by atoms with Crippen LogP contribution in [-0.2, 0) is 22.6 Å². The highest BCUT2D eigenvalue weighted by molar-refractivity contribution is 5.86. The summed E-state index contributed by atoms with van der Waals surface area (Å²) in [6.07, 6.45) is 7.42. The fraction of sp³-hybridized carbons (Fsp3) is 0.542. The summed E-state index contributed by atoms with van der Waals surface area (Å²) in [4.78, 5) is 30.0. The van der Waals surface area contributed by atoms with Gasteiger partial charge < -0.3 is 9.80 Å². The molecular weight excluding hydrogens is 376 g/mol. The summed E-state index contributed by atoms with van der Waals surface area (Å²) in [6, 6.07) is 8.62. The van der Waals surface area contributed by atoms with Gasteiger partial charge in [-0.15, -0.1) is 0 Å². The maximum atomic E-state index is 13.4. The summed E-state index contributed by atoms with van der Waals surface area (Å²) in [5.41, 5.74) is 3.15. The van der Waals surface area contributed by atoms with Crippen LogP contribution in [0.15, 0.2) is 36.7 Å². The number of amides is 2. The minimum absolute atomic E-state index is 0.141. The number of H-pyrrole nitrogens is 1. The quantitative estimate of drug-likeness (QED) is 0.795. The average molecular weight is 409 g/mol. The van der Waals surface area contributed by atoms with E-state index in [0.717, 1.165) is 31.4 Å². The number of carbonyl (C=O) groups excluding carboxylic acids is 2. The third kappa shape index (κ3) is 4.27. The van der Waals surface area contributed by atoms with Gasteiger partial charge in [0.2, 0.25) is 11.8 Å². The van der Waals surface area contributed by atoms with Crippen molar-refractivity contribution in [2.45, 2.75) is 58.4 Å². The number of hydrogen-bond donors (Lipinski definition) is 1. The highest BCUT2D eigenvalue weighted by atomic mass is 16.2. The molecule has 160 valence electrons. The van der Waals surface area contributed by atoms with E-state index in [-0.39, 0.29) is 17.2 Å². The minimum atomic E-state index is -0.387. The third-order valence-electron chi connectivity index (χ3n) is 6.73. The van der Waals surface area contributed by atoms with Crippen LogP contribution in [0.1, 0.15) is 62.1 Å². The topological polar surface area (TPSA) is 69.3 Å². The fourth-order valence-electron chi connectivity index (χ4n) is 4.82. The second-order valence-electron chi connectivity index (χ2n) is 9.18. The first-order valence-corrected chi connectivity index (χ1v) is 11.1. The van der Waals surface area contributed by atoms with Crippen molar-refractivity contribution in [3.63, 3.8) is 0 Å². The molecule has 1 unspecified atom stereocenters. The van der Waals surface area contributed by atoms with E-state index in [0.29, 0.717) is 38.4 Å². The molecule has 30 heavy (non-hydrogen) atoms. The molecule has 1 atom stereocenters. The van der Waals surface area contributed by atoms with E-state index in [1.807, 2.05) is 16.0 Å². The van der Waals surface area contributed by atoms with Crippen molar-refractivity contribution in [1.29, 1.82) is 0 Å². The second-order valence-corrected chi connectivity index (χ2v) is 9.18. The van der Waals surface area contributed by atoms with Crippen LogP contribution in [-0.4, -0.2) is 51.4 Å². The Kier molecular flexibility index (Phi) is 5.93. The van der Waals surface area contributed by atoms with Crippen molar-refractivity contribution in [3.05, 3.63) is 53.3 Å². The van der Waals surface area contributed by atoms with Gasteiger partial charge in [0.15, 0.2) is 0 Å². The molecule has 4 rings (SSSR count). The van der Waals surface area contributed by atoms with Crippen molar-refractivity contribution in [1.82, 2.24) is 20.0 Å². The fourth-order valence-corrected chi connectivity index (χ4v) is 4.82. The first-order chi connectivity index (χ1) is 14.5. The first kappa shape index (κ1) is 20.6. The van der Waals surface area contributed by atoms with Gasteiger partial charge in [0.1, 0.15) is 0 Å². The van der Waals surface area contributed by atoms with Gasteiger partial charge in [0, 0.05) is 38.8 Å². The van der Waals surface area contributed by atoms with Gasteiger partial charge >= 0.3 is 0 Å². The van der Waals surface area contributed by atoms with E-state index >= 15 is 0 Å². The van der Waals surface area contributed by atoms with Crippen molar-refractivity contribution < 1.29 is 9.59 Å². The zero-order valence-electron chi connectivity index (χ0n) is 18.1. The van der Waals surface area contributed by atoms with Gasteiger partial charge in [0.05, 0.1) is 11.6 Å².